The van der Waals surface area contributed by atoms with Crippen LogP contribution in [0, 0.1) is 0 Å². The number of hydrogen-bond donors (Lipinski definition) is 0. The highest BCUT2D eigenvalue weighted by molar-refractivity contribution is 5.71. The predicted molar refractivity (Wildman–Crippen MR) is 279 cm³/mol. The summed E-state index contributed by atoms with van der Waals surface area (Å²) in [7, 11) is 0. The number of carbonyl (C=O) groups is 3. The summed E-state index contributed by atoms with van der Waals surface area (Å²) >= 11 is 0. The second-order valence-electron chi connectivity index (χ2n) is 17.8. The molecule has 0 unspecified atom stereocenters. The van der Waals surface area contributed by atoms with Gasteiger partial charge >= 0.3 is 17.9 Å². The third-order valence-electron chi connectivity index (χ3n) is 11.4. The van der Waals surface area contributed by atoms with E-state index in [2.05, 4.69) is 106 Å². The van der Waals surface area contributed by atoms with Crippen molar-refractivity contribution in [3.05, 3.63) is 85.1 Å². The van der Waals surface area contributed by atoms with Crippen LogP contribution in [0.25, 0.3) is 0 Å². The van der Waals surface area contributed by atoms with Crippen LogP contribution in [0.3, 0.4) is 0 Å². The Morgan fingerprint density at radius 1 is 0.308 bits per heavy atom. The Bertz CT molecular complexity index is 1270. The zero-order chi connectivity index (χ0) is 47.2. The van der Waals surface area contributed by atoms with Gasteiger partial charge in [-0.25, -0.2) is 0 Å². The lowest BCUT2D eigenvalue weighted by Gasteiger charge is -2.18. The molecular weight excluding hydrogens is 805 g/mol. The molecule has 65 heavy (non-hydrogen) atoms. The van der Waals surface area contributed by atoms with Gasteiger partial charge < -0.3 is 14.2 Å². The van der Waals surface area contributed by atoms with Crippen molar-refractivity contribution in [3.63, 3.8) is 0 Å². The van der Waals surface area contributed by atoms with Crippen LogP contribution in [0.2, 0.25) is 0 Å². The molecule has 0 aliphatic carbocycles. The fourth-order valence-corrected chi connectivity index (χ4v) is 7.26. The van der Waals surface area contributed by atoms with Gasteiger partial charge in [0.15, 0.2) is 6.10 Å². The van der Waals surface area contributed by atoms with Crippen LogP contribution in [0.15, 0.2) is 85.1 Å². The minimum atomic E-state index is -0.809. The van der Waals surface area contributed by atoms with E-state index in [1.807, 2.05) is 0 Å². The Kier molecular flexibility index (Phi) is 50.4. The molecule has 0 aromatic heterocycles. The minimum absolute atomic E-state index is 0.101. The van der Waals surface area contributed by atoms with Crippen molar-refractivity contribution in [2.45, 2.75) is 258 Å². The summed E-state index contributed by atoms with van der Waals surface area (Å²) in [5, 5.41) is 0. The summed E-state index contributed by atoms with van der Waals surface area (Å²) in [6.45, 7) is 6.52. The van der Waals surface area contributed by atoms with Crippen molar-refractivity contribution in [1.29, 1.82) is 0 Å². The van der Waals surface area contributed by atoms with E-state index >= 15 is 0 Å². The number of allylic oxidation sites excluding steroid dienone is 14. The number of ether oxygens (including phenoxy) is 3. The van der Waals surface area contributed by atoms with Gasteiger partial charge in [0.1, 0.15) is 13.2 Å². The molecule has 0 spiro atoms. The van der Waals surface area contributed by atoms with Gasteiger partial charge in [-0.3, -0.25) is 14.4 Å². The Morgan fingerprint density at radius 2 is 0.569 bits per heavy atom. The smallest absolute Gasteiger partial charge is 0.306 e. The molecule has 6 nitrogen and oxygen atoms in total. The molecule has 0 saturated carbocycles. The summed E-state index contributed by atoms with van der Waals surface area (Å²) in [6.07, 6.45) is 68.5. The normalized spacial score (nSPS) is 12.7. The third kappa shape index (κ3) is 51.4. The van der Waals surface area contributed by atoms with Gasteiger partial charge in [-0.15, -0.1) is 0 Å². The second-order valence-corrected chi connectivity index (χ2v) is 17.8. The van der Waals surface area contributed by atoms with Gasteiger partial charge in [0.25, 0.3) is 0 Å². The van der Waals surface area contributed by atoms with Crippen LogP contribution in [-0.4, -0.2) is 37.2 Å². The molecular formula is C59H100O6. The lowest BCUT2D eigenvalue weighted by molar-refractivity contribution is -0.167. The molecule has 0 saturated heterocycles. The standard InChI is InChI=1S/C59H100O6/c1-4-7-10-13-16-19-22-25-27-29-31-34-37-40-43-46-49-52-58(61)64-55-56(54-63-57(60)51-48-45-42-39-36-33-24-21-18-15-12-9-6-3)65-59(62)53-50-47-44-41-38-35-32-30-28-26-23-20-17-14-11-8-5-2/h16-17,19-20,25-28,31-32,34-35,40,43,56H,4-15,18,21-24,29-30,33,36-39,41-42,44-55H2,1-3H3/b19-16-,20-17-,27-25-,28-26-,34-31-,35-32-,43-40-/t56-/m0/s1. The van der Waals surface area contributed by atoms with Crippen LogP contribution in [0.4, 0.5) is 0 Å². The van der Waals surface area contributed by atoms with E-state index in [1.54, 1.807) is 0 Å². The molecule has 1 atom stereocenters. The van der Waals surface area contributed by atoms with Crippen LogP contribution in [-0.2, 0) is 28.6 Å². The minimum Gasteiger partial charge on any atom is -0.462 e. The molecule has 0 N–H and O–H groups in total. The number of hydrogen-bond acceptors (Lipinski definition) is 6. The van der Waals surface area contributed by atoms with Crippen LogP contribution >= 0.6 is 0 Å². The lowest BCUT2D eigenvalue weighted by atomic mass is 10.0. The first-order valence-corrected chi connectivity index (χ1v) is 27.1. The zero-order valence-corrected chi connectivity index (χ0v) is 42.5. The van der Waals surface area contributed by atoms with E-state index in [0.29, 0.717) is 19.3 Å². The molecule has 0 fully saturated rings. The summed E-state index contributed by atoms with van der Waals surface area (Å²) in [4.78, 5) is 38.0. The summed E-state index contributed by atoms with van der Waals surface area (Å²) in [5.41, 5.74) is 0. The van der Waals surface area contributed by atoms with Gasteiger partial charge in [0, 0.05) is 19.3 Å². The van der Waals surface area contributed by atoms with Crippen molar-refractivity contribution < 1.29 is 28.6 Å². The van der Waals surface area contributed by atoms with Crippen molar-refractivity contribution >= 4 is 17.9 Å². The van der Waals surface area contributed by atoms with Gasteiger partial charge in [-0.2, -0.15) is 0 Å². The maximum Gasteiger partial charge on any atom is 0.306 e. The second kappa shape index (κ2) is 53.2. The van der Waals surface area contributed by atoms with Crippen LogP contribution in [0.5, 0.6) is 0 Å². The number of unbranched alkanes of at least 4 members (excludes halogenated alkanes) is 23. The summed E-state index contributed by atoms with van der Waals surface area (Å²) in [5.74, 6) is -0.980. The van der Waals surface area contributed by atoms with Crippen molar-refractivity contribution in [2.75, 3.05) is 13.2 Å². The highest BCUT2D eigenvalue weighted by atomic mass is 16.6. The monoisotopic (exact) mass is 905 g/mol. The first kappa shape index (κ1) is 61.6. The molecule has 0 radical (unpaired) electrons. The van der Waals surface area contributed by atoms with Gasteiger partial charge in [0.05, 0.1) is 0 Å². The quantitative estimate of drug-likeness (QED) is 0.0262. The van der Waals surface area contributed by atoms with Crippen molar-refractivity contribution in [1.82, 2.24) is 0 Å². The predicted octanol–water partition coefficient (Wildman–Crippen LogP) is 18.0. The average Bonchev–Trinajstić information content (AvgIpc) is 3.30. The van der Waals surface area contributed by atoms with Crippen LogP contribution in [0.1, 0.15) is 252 Å². The molecule has 6 heteroatoms. The molecule has 0 amide bonds. The van der Waals surface area contributed by atoms with Crippen LogP contribution < -0.4 is 0 Å². The summed E-state index contributed by atoms with van der Waals surface area (Å²) in [6, 6.07) is 0. The fourth-order valence-electron chi connectivity index (χ4n) is 7.26. The third-order valence-corrected chi connectivity index (χ3v) is 11.4. The Morgan fingerprint density at radius 3 is 0.954 bits per heavy atom. The maximum absolute atomic E-state index is 12.8. The van der Waals surface area contributed by atoms with E-state index < -0.39 is 6.10 Å². The molecule has 0 bridgehead atoms. The van der Waals surface area contributed by atoms with Gasteiger partial charge in [0.2, 0.25) is 0 Å². The molecule has 372 valence electrons. The molecule has 0 heterocycles. The molecule has 0 aliphatic rings. The SMILES string of the molecule is CCCCC/C=C\C/C=C\C/C=C\C/C=C\CCCC(=O)OC[C@H](COC(=O)CCCCCCCCCCCCCCC)OC(=O)CCCCCC/C=C\C/C=C\C/C=C\CCCCC. The van der Waals surface area contributed by atoms with E-state index in [0.717, 1.165) is 89.9 Å². The topological polar surface area (TPSA) is 78.9 Å². The first-order valence-electron chi connectivity index (χ1n) is 27.1. The molecule has 0 aromatic carbocycles. The van der Waals surface area contributed by atoms with E-state index in [-0.39, 0.29) is 37.5 Å². The highest BCUT2D eigenvalue weighted by Crippen LogP contribution is 2.14. The number of carbonyl (C=O) groups excluding carboxylic acids is 3. The zero-order valence-electron chi connectivity index (χ0n) is 42.5. The van der Waals surface area contributed by atoms with Crippen molar-refractivity contribution in [3.8, 4) is 0 Å². The lowest BCUT2D eigenvalue weighted by Crippen LogP contribution is -2.30. The maximum atomic E-state index is 12.8. The Hall–Kier alpha value is -3.41. The molecule has 0 aromatic rings. The van der Waals surface area contributed by atoms with E-state index in [4.69, 9.17) is 14.2 Å². The largest absolute Gasteiger partial charge is 0.462 e. The van der Waals surface area contributed by atoms with Crippen molar-refractivity contribution in [2.24, 2.45) is 0 Å². The Labute approximate surface area is 401 Å². The highest BCUT2D eigenvalue weighted by Gasteiger charge is 2.19. The number of esters is 3. The fraction of sp³-hybridized carbons (Fsp3) is 0.712. The van der Waals surface area contributed by atoms with Gasteiger partial charge in [-0.1, -0.05) is 221 Å². The van der Waals surface area contributed by atoms with E-state index in [1.165, 1.54) is 116 Å². The molecule has 0 rings (SSSR count). The first-order chi connectivity index (χ1) is 32.0. The van der Waals surface area contributed by atoms with Gasteiger partial charge in [-0.05, 0) is 96.3 Å². The Balaban J connectivity index is 4.51. The molecule has 0 aliphatic heterocycles. The summed E-state index contributed by atoms with van der Waals surface area (Å²) < 4.78 is 16.8. The number of rotatable bonds is 48. The van der Waals surface area contributed by atoms with E-state index in [9.17, 15) is 14.4 Å². The average molecular weight is 905 g/mol.